The number of nitrogen functional groups attached to an aromatic ring is 1. The molecule has 1 fully saturated rings. The Hall–Kier alpha value is -2.90. The zero-order valence-electron chi connectivity index (χ0n) is 18.2. The molecule has 0 bridgehead atoms. The maximum Gasteiger partial charge on any atom is 0.229 e. The van der Waals surface area contributed by atoms with Crippen LogP contribution >= 0.6 is 11.3 Å². The largest absolute Gasteiger partial charge is 0.494 e. The number of nitrogens with zero attached hydrogens (tertiary/aromatic N) is 1. The molecule has 0 aliphatic carbocycles. The summed E-state index contributed by atoms with van der Waals surface area (Å²) in [5.74, 6) is 2.08. The molecule has 1 aliphatic rings. The smallest absolute Gasteiger partial charge is 0.229 e. The molecule has 7 heteroatoms. The van der Waals surface area contributed by atoms with Crippen molar-refractivity contribution in [2.75, 3.05) is 30.7 Å². The fourth-order valence-corrected chi connectivity index (χ4v) is 4.85. The van der Waals surface area contributed by atoms with Gasteiger partial charge in [0.1, 0.15) is 11.6 Å². The molecule has 0 atom stereocenters. The molecule has 3 heterocycles. The number of nitrogens with two attached hydrogens (primary N) is 1. The predicted octanol–water partition coefficient (Wildman–Crippen LogP) is 4.73. The van der Waals surface area contributed by atoms with Gasteiger partial charge in [-0.1, -0.05) is 12.1 Å². The lowest BCUT2D eigenvalue weighted by atomic mass is 9.93. The van der Waals surface area contributed by atoms with Crippen LogP contribution in [0.3, 0.4) is 0 Å². The summed E-state index contributed by atoms with van der Waals surface area (Å²) < 4.78 is 5.94. The number of nitrogens with one attached hydrogen (secondary N) is 2. The van der Waals surface area contributed by atoms with E-state index in [-0.39, 0.29) is 5.91 Å². The van der Waals surface area contributed by atoms with Gasteiger partial charge in [-0.3, -0.25) is 4.79 Å². The highest BCUT2D eigenvalue weighted by molar-refractivity contribution is 7.14. The van der Waals surface area contributed by atoms with Crippen molar-refractivity contribution in [1.29, 1.82) is 0 Å². The Morgan fingerprint density at radius 3 is 2.91 bits per heavy atom. The molecule has 1 amide bonds. The summed E-state index contributed by atoms with van der Waals surface area (Å²) in [6, 6.07) is 13.5. The molecule has 32 heavy (non-hydrogen) atoms. The van der Waals surface area contributed by atoms with E-state index in [0.29, 0.717) is 12.2 Å². The summed E-state index contributed by atoms with van der Waals surface area (Å²) in [6.45, 7) is 3.00. The number of amides is 1. The van der Waals surface area contributed by atoms with Gasteiger partial charge in [0, 0.05) is 11.6 Å². The molecule has 3 aromatic rings. The molecule has 4 N–H and O–H groups in total. The highest BCUT2D eigenvalue weighted by atomic mass is 32.1. The number of benzene rings is 1. The molecule has 1 aliphatic heterocycles. The average molecular weight is 451 g/mol. The van der Waals surface area contributed by atoms with Crippen LogP contribution in [0.15, 0.2) is 54.0 Å². The van der Waals surface area contributed by atoms with Crippen LogP contribution < -0.4 is 21.1 Å². The Kier molecular flexibility index (Phi) is 7.74. The Morgan fingerprint density at radius 2 is 2.06 bits per heavy atom. The van der Waals surface area contributed by atoms with E-state index in [1.165, 1.54) is 30.6 Å². The molecule has 0 radical (unpaired) electrons. The summed E-state index contributed by atoms with van der Waals surface area (Å²) >= 11 is 1.50. The maximum absolute atomic E-state index is 12.5. The number of hydrogen-bond acceptors (Lipinski definition) is 6. The first-order valence-electron chi connectivity index (χ1n) is 11.2. The molecular formula is C25H30N4O2S. The van der Waals surface area contributed by atoms with E-state index in [4.69, 9.17) is 10.5 Å². The van der Waals surface area contributed by atoms with E-state index >= 15 is 0 Å². The van der Waals surface area contributed by atoms with Crippen LogP contribution in [0.25, 0.3) is 11.1 Å². The fraction of sp³-hybridized carbons (Fsp3) is 0.360. The van der Waals surface area contributed by atoms with E-state index < -0.39 is 0 Å². The van der Waals surface area contributed by atoms with Crippen molar-refractivity contribution in [3.8, 4) is 16.9 Å². The number of carbonyl (C=O) groups excluding carboxylic acids is 1. The van der Waals surface area contributed by atoms with Gasteiger partial charge in [-0.2, -0.15) is 0 Å². The topological polar surface area (TPSA) is 89.3 Å². The number of hydrogen-bond donors (Lipinski definition) is 3. The molecule has 0 unspecified atom stereocenters. The standard InChI is InChI=1S/C25H30N4O2S/c26-23-15-20(8-11-28-23)21-16-25(32-17-21)29-24(30)14-19-3-1-5-22(13-19)31-12-2-4-18-6-9-27-10-7-18/h1,3,5,8,11,13,15-18,27H,2,4,6-7,9-10,12,14H2,(H2,26,28)(H,29,30). The number of thiophene rings is 1. The minimum absolute atomic E-state index is 0.0456. The first-order chi connectivity index (χ1) is 15.7. The van der Waals surface area contributed by atoms with Gasteiger partial charge in [-0.05, 0) is 91.7 Å². The lowest BCUT2D eigenvalue weighted by molar-refractivity contribution is -0.115. The van der Waals surface area contributed by atoms with Crippen LogP contribution in [0, 0.1) is 5.92 Å². The zero-order chi connectivity index (χ0) is 22.2. The monoisotopic (exact) mass is 450 g/mol. The van der Waals surface area contributed by atoms with Crippen LogP contribution in [0.1, 0.15) is 31.2 Å². The lowest BCUT2D eigenvalue weighted by Gasteiger charge is -2.22. The first kappa shape index (κ1) is 22.3. The highest BCUT2D eigenvalue weighted by Gasteiger charge is 2.12. The van der Waals surface area contributed by atoms with Gasteiger partial charge in [-0.25, -0.2) is 4.98 Å². The minimum Gasteiger partial charge on any atom is -0.494 e. The molecule has 2 aromatic heterocycles. The van der Waals surface area contributed by atoms with E-state index in [1.54, 1.807) is 6.20 Å². The second kappa shape index (κ2) is 11.1. The van der Waals surface area contributed by atoms with Gasteiger partial charge in [0.15, 0.2) is 0 Å². The molecule has 1 saturated heterocycles. The van der Waals surface area contributed by atoms with Crippen molar-refractivity contribution in [3.05, 3.63) is 59.6 Å². The number of piperidine rings is 1. The van der Waals surface area contributed by atoms with Gasteiger partial charge < -0.3 is 21.1 Å². The summed E-state index contributed by atoms with van der Waals surface area (Å²) in [4.78, 5) is 16.6. The van der Waals surface area contributed by atoms with Crippen molar-refractivity contribution in [2.45, 2.75) is 32.1 Å². The number of anilines is 2. The lowest BCUT2D eigenvalue weighted by Crippen LogP contribution is -2.27. The van der Waals surface area contributed by atoms with Crippen molar-refractivity contribution < 1.29 is 9.53 Å². The maximum atomic E-state index is 12.5. The van der Waals surface area contributed by atoms with Crippen molar-refractivity contribution >= 4 is 28.1 Å². The molecule has 0 spiro atoms. The van der Waals surface area contributed by atoms with Gasteiger partial charge in [0.2, 0.25) is 5.91 Å². The fourth-order valence-electron chi connectivity index (χ4n) is 4.03. The van der Waals surface area contributed by atoms with E-state index in [2.05, 4.69) is 15.6 Å². The number of aromatic nitrogens is 1. The minimum atomic E-state index is -0.0456. The van der Waals surface area contributed by atoms with Gasteiger partial charge in [-0.15, -0.1) is 11.3 Å². The Bertz CT molecular complexity index is 1030. The summed E-state index contributed by atoms with van der Waals surface area (Å²) in [6.07, 6.45) is 6.82. The predicted molar refractivity (Wildman–Crippen MR) is 131 cm³/mol. The number of carbonyl (C=O) groups is 1. The third-order valence-corrected chi connectivity index (χ3v) is 6.57. The van der Waals surface area contributed by atoms with Crippen molar-refractivity contribution in [3.63, 3.8) is 0 Å². The molecular weight excluding hydrogens is 420 g/mol. The molecule has 6 nitrogen and oxygen atoms in total. The molecule has 168 valence electrons. The normalized spacial score (nSPS) is 14.2. The molecule has 0 saturated carbocycles. The molecule has 1 aromatic carbocycles. The van der Waals surface area contributed by atoms with Gasteiger partial charge >= 0.3 is 0 Å². The van der Waals surface area contributed by atoms with E-state index in [1.807, 2.05) is 47.8 Å². The Balaban J connectivity index is 1.24. The zero-order valence-corrected chi connectivity index (χ0v) is 19.0. The SMILES string of the molecule is Nc1cc(-c2csc(NC(=O)Cc3cccc(OCCCC4CCNCC4)c3)c2)ccn1. The van der Waals surface area contributed by atoms with Crippen molar-refractivity contribution in [1.82, 2.24) is 10.3 Å². The van der Waals surface area contributed by atoms with E-state index in [0.717, 1.165) is 59.5 Å². The summed E-state index contributed by atoms with van der Waals surface area (Å²) in [5, 5.41) is 9.21. The second-order valence-electron chi connectivity index (χ2n) is 8.23. The van der Waals surface area contributed by atoms with Gasteiger partial charge in [0.25, 0.3) is 0 Å². The number of ether oxygens (including phenoxy) is 1. The quantitative estimate of drug-likeness (QED) is 0.410. The summed E-state index contributed by atoms with van der Waals surface area (Å²) in [5.41, 5.74) is 8.70. The van der Waals surface area contributed by atoms with Crippen LogP contribution in [0.2, 0.25) is 0 Å². The van der Waals surface area contributed by atoms with Crippen LogP contribution in [0.4, 0.5) is 10.8 Å². The van der Waals surface area contributed by atoms with Crippen LogP contribution in [-0.2, 0) is 11.2 Å². The Morgan fingerprint density at radius 1 is 1.19 bits per heavy atom. The molecule has 4 rings (SSSR count). The third kappa shape index (κ3) is 6.55. The number of pyridine rings is 1. The van der Waals surface area contributed by atoms with Gasteiger partial charge in [0.05, 0.1) is 18.0 Å². The van der Waals surface area contributed by atoms with Crippen LogP contribution in [0.5, 0.6) is 5.75 Å². The van der Waals surface area contributed by atoms with Crippen molar-refractivity contribution in [2.24, 2.45) is 5.92 Å². The van der Waals surface area contributed by atoms with Crippen LogP contribution in [-0.4, -0.2) is 30.6 Å². The average Bonchev–Trinajstić information content (AvgIpc) is 3.26. The Labute approximate surface area is 193 Å². The highest BCUT2D eigenvalue weighted by Crippen LogP contribution is 2.29. The third-order valence-electron chi connectivity index (χ3n) is 5.72. The first-order valence-corrected chi connectivity index (χ1v) is 12.1. The second-order valence-corrected chi connectivity index (χ2v) is 9.14. The number of rotatable bonds is 9. The van der Waals surface area contributed by atoms with E-state index in [9.17, 15) is 4.79 Å². The summed E-state index contributed by atoms with van der Waals surface area (Å²) in [7, 11) is 0.